The minimum absolute atomic E-state index is 0.0241. The van der Waals surface area contributed by atoms with Crippen LogP contribution in [0.4, 0.5) is 0 Å². The van der Waals surface area contributed by atoms with Gasteiger partial charge in [0.05, 0.1) is 0 Å². The van der Waals surface area contributed by atoms with E-state index in [0.717, 1.165) is 0 Å². The van der Waals surface area contributed by atoms with E-state index in [4.69, 9.17) is 0 Å². The molecule has 8 rings (SSSR count). The Balaban J connectivity index is 1.74. The first-order chi connectivity index (χ1) is 27.0. The topological polar surface area (TPSA) is 0 Å². The highest BCUT2D eigenvalue weighted by molar-refractivity contribution is 6.34. The summed E-state index contributed by atoms with van der Waals surface area (Å²) in [6.07, 6.45) is 0. The summed E-state index contributed by atoms with van der Waals surface area (Å²) in [6, 6.07) is 55.9. The molecule has 0 nitrogen and oxygen atoms in total. The summed E-state index contributed by atoms with van der Waals surface area (Å²) in [5, 5.41) is 7.76. The van der Waals surface area contributed by atoms with Crippen LogP contribution in [0.5, 0.6) is 0 Å². The largest absolute Gasteiger partial charge is 0.0622 e. The maximum Gasteiger partial charge on any atom is -0.000139 e. The summed E-state index contributed by atoms with van der Waals surface area (Å²) in [4.78, 5) is 0. The van der Waals surface area contributed by atoms with Crippen molar-refractivity contribution in [3.63, 3.8) is 0 Å². The van der Waals surface area contributed by atoms with Gasteiger partial charge in [-0.25, -0.2) is 0 Å². The molecule has 0 unspecified atom stereocenters. The molecule has 0 saturated heterocycles. The number of benzene rings is 8. The molecule has 0 bridgehead atoms. The highest BCUT2D eigenvalue weighted by Crippen LogP contribution is 2.54. The Kier molecular flexibility index (Phi) is 9.55. The first-order valence-corrected chi connectivity index (χ1v) is 20.9. The van der Waals surface area contributed by atoms with Gasteiger partial charge in [0.25, 0.3) is 0 Å². The number of rotatable bonds is 5. The maximum absolute atomic E-state index is 2.50. The number of hydrogen-bond donors (Lipinski definition) is 0. The normalized spacial score (nSPS) is 12.6. The molecule has 286 valence electrons. The lowest BCUT2D eigenvalue weighted by Crippen LogP contribution is -2.11. The molecule has 0 spiro atoms. The highest BCUT2D eigenvalue weighted by Gasteiger charge is 2.28. The van der Waals surface area contributed by atoms with Crippen LogP contribution in [0.1, 0.15) is 104 Å². The van der Waals surface area contributed by atoms with Gasteiger partial charge < -0.3 is 0 Å². The fourth-order valence-electron chi connectivity index (χ4n) is 8.74. The van der Waals surface area contributed by atoms with Crippen LogP contribution < -0.4 is 0 Å². The molecule has 0 heterocycles. The van der Waals surface area contributed by atoms with Crippen molar-refractivity contribution in [2.75, 3.05) is 0 Å². The van der Waals surface area contributed by atoms with Crippen molar-refractivity contribution in [1.82, 2.24) is 0 Å². The van der Waals surface area contributed by atoms with Crippen molar-refractivity contribution < 1.29 is 0 Å². The Morgan fingerprint density at radius 3 is 0.982 bits per heavy atom. The Morgan fingerprint density at radius 1 is 0.316 bits per heavy atom. The Morgan fingerprint density at radius 2 is 0.632 bits per heavy atom. The molecule has 0 aliphatic heterocycles. The maximum atomic E-state index is 2.50. The quantitative estimate of drug-likeness (QED) is 0.154. The van der Waals surface area contributed by atoms with Gasteiger partial charge in [0, 0.05) is 0 Å². The van der Waals surface area contributed by atoms with Gasteiger partial charge in [-0.05, 0) is 133 Å². The van der Waals surface area contributed by atoms with Crippen LogP contribution in [0.3, 0.4) is 0 Å². The van der Waals surface area contributed by atoms with Crippen molar-refractivity contribution in [3.05, 3.63) is 168 Å². The average molecular weight is 743 g/mol. The summed E-state index contributed by atoms with van der Waals surface area (Å²) in [5.74, 6) is 0.449. The van der Waals surface area contributed by atoms with E-state index in [1.807, 2.05) is 0 Å². The molecule has 0 aliphatic carbocycles. The molecular formula is C57H58. The molecular weight excluding hydrogens is 685 g/mol. The second kappa shape index (κ2) is 14.2. The predicted molar refractivity (Wildman–Crippen MR) is 251 cm³/mol. The lowest BCUT2D eigenvalue weighted by Gasteiger charge is -2.28. The summed E-state index contributed by atoms with van der Waals surface area (Å²) in [7, 11) is 0. The van der Waals surface area contributed by atoms with Crippen molar-refractivity contribution in [1.29, 1.82) is 0 Å². The number of hydrogen-bond acceptors (Lipinski definition) is 0. The monoisotopic (exact) mass is 742 g/mol. The van der Waals surface area contributed by atoms with E-state index >= 15 is 0 Å². The van der Waals surface area contributed by atoms with Crippen LogP contribution in [0.2, 0.25) is 0 Å². The second-order valence-corrected chi connectivity index (χ2v) is 19.6. The minimum atomic E-state index is -0.0247. The van der Waals surface area contributed by atoms with Crippen LogP contribution in [-0.2, 0) is 16.2 Å². The molecule has 8 aromatic carbocycles. The van der Waals surface area contributed by atoms with Crippen LogP contribution in [0.15, 0.2) is 146 Å². The zero-order valence-electron chi connectivity index (χ0n) is 35.9. The van der Waals surface area contributed by atoms with E-state index in [9.17, 15) is 0 Å². The van der Waals surface area contributed by atoms with Crippen molar-refractivity contribution in [3.8, 4) is 44.5 Å². The average Bonchev–Trinajstić information content (AvgIpc) is 3.18. The van der Waals surface area contributed by atoms with Crippen molar-refractivity contribution in [2.24, 2.45) is 0 Å². The third-order valence-electron chi connectivity index (χ3n) is 12.1. The lowest BCUT2D eigenvalue weighted by atomic mass is 9.75. The van der Waals surface area contributed by atoms with Crippen molar-refractivity contribution in [2.45, 2.75) is 98.3 Å². The van der Waals surface area contributed by atoms with E-state index in [1.165, 1.54) is 99.1 Å². The van der Waals surface area contributed by atoms with Gasteiger partial charge in [-0.1, -0.05) is 210 Å². The van der Waals surface area contributed by atoms with Crippen molar-refractivity contribution >= 4 is 32.3 Å². The van der Waals surface area contributed by atoms with Crippen LogP contribution in [-0.4, -0.2) is 0 Å². The highest BCUT2D eigenvalue weighted by atomic mass is 14.3. The molecule has 0 radical (unpaired) electrons. The van der Waals surface area contributed by atoms with Crippen LogP contribution >= 0.6 is 0 Å². The SMILES string of the molecule is CC(C)c1ccc(-c2c3ccc(C(C)(C)C)cc3c(-c3ccccc3)c3c(-c4ccc(C(C)(C)C)cc4)c4ccc(C(C)(C)C)cc4c(-c4ccccc4)c23)cc1. The molecule has 0 heteroatoms. The second-order valence-electron chi connectivity index (χ2n) is 19.6. The van der Waals surface area contributed by atoms with E-state index in [2.05, 4.69) is 222 Å². The first-order valence-electron chi connectivity index (χ1n) is 20.9. The molecule has 8 aromatic rings. The third kappa shape index (κ3) is 6.99. The summed E-state index contributed by atoms with van der Waals surface area (Å²) in [6.45, 7) is 25.5. The zero-order valence-corrected chi connectivity index (χ0v) is 35.9. The van der Waals surface area contributed by atoms with Gasteiger partial charge in [0.1, 0.15) is 0 Å². The Labute approximate surface area is 341 Å². The van der Waals surface area contributed by atoms with Crippen LogP contribution in [0, 0.1) is 0 Å². The molecule has 57 heavy (non-hydrogen) atoms. The Hall–Kier alpha value is -5.46. The smallest absolute Gasteiger partial charge is 0.000139 e. The molecule has 0 amide bonds. The zero-order chi connectivity index (χ0) is 40.4. The predicted octanol–water partition coefficient (Wildman–Crippen LogP) is 16.8. The molecule has 0 atom stereocenters. The minimum Gasteiger partial charge on any atom is -0.0622 e. The molecule has 0 N–H and O–H groups in total. The van der Waals surface area contributed by atoms with Gasteiger partial charge in [-0.15, -0.1) is 0 Å². The fraction of sp³-hybridized carbons (Fsp3) is 0.263. The summed E-state index contributed by atoms with van der Waals surface area (Å²) in [5.41, 5.74) is 15.5. The summed E-state index contributed by atoms with van der Waals surface area (Å²) < 4.78 is 0. The van der Waals surface area contributed by atoms with E-state index in [-0.39, 0.29) is 16.2 Å². The van der Waals surface area contributed by atoms with E-state index < -0.39 is 0 Å². The van der Waals surface area contributed by atoms with E-state index in [1.54, 1.807) is 0 Å². The van der Waals surface area contributed by atoms with Gasteiger partial charge in [-0.2, -0.15) is 0 Å². The van der Waals surface area contributed by atoms with E-state index in [0.29, 0.717) is 5.92 Å². The molecule has 0 fully saturated rings. The number of fused-ring (bicyclic) bond motifs is 3. The first kappa shape index (κ1) is 38.4. The molecule has 0 aliphatic rings. The van der Waals surface area contributed by atoms with Gasteiger partial charge in [0.2, 0.25) is 0 Å². The van der Waals surface area contributed by atoms with Gasteiger partial charge in [0.15, 0.2) is 0 Å². The Bertz CT molecular complexity index is 2740. The summed E-state index contributed by atoms with van der Waals surface area (Å²) >= 11 is 0. The fourth-order valence-corrected chi connectivity index (χ4v) is 8.74. The standard InChI is InChI=1S/C57H58/c1-36(2)37-22-24-40(25-23-37)49-45-32-30-43(56(6,7)8)34-47(45)52(39-20-16-13-17-21-39)54-50(41-26-28-42(29-27-41)55(3,4)5)46-33-31-44(57(9,10)11)35-48(46)51(53(49)54)38-18-14-12-15-19-38/h12-36H,1-11H3. The molecule has 0 aromatic heterocycles. The lowest BCUT2D eigenvalue weighted by molar-refractivity contribution is 0.590. The van der Waals surface area contributed by atoms with Gasteiger partial charge in [-0.3, -0.25) is 0 Å². The third-order valence-corrected chi connectivity index (χ3v) is 12.1. The molecule has 0 saturated carbocycles. The van der Waals surface area contributed by atoms with Crippen LogP contribution in [0.25, 0.3) is 76.8 Å². The van der Waals surface area contributed by atoms with Gasteiger partial charge >= 0.3 is 0 Å².